The second kappa shape index (κ2) is 5.35. The number of ether oxygens (including phenoxy) is 1. The highest BCUT2D eigenvalue weighted by Gasteiger charge is 2.32. The van der Waals surface area contributed by atoms with Crippen LogP contribution >= 0.6 is 0 Å². The quantitative estimate of drug-likeness (QED) is 0.634. The number of methoxy groups -OCH3 is 1. The molecular weight excluding hydrogens is 250 g/mol. The fourth-order valence-corrected chi connectivity index (χ4v) is 2.40. The van der Waals surface area contributed by atoms with Crippen LogP contribution in [0.4, 0.5) is 11.5 Å². The van der Waals surface area contributed by atoms with Crippen molar-refractivity contribution < 1.29 is 9.66 Å². The second-order valence-electron chi connectivity index (χ2n) is 4.64. The summed E-state index contributed by atoms with van der Waals surface area (Å²) in [5, 5.41) is 11.2. The van der Waals surface area contributed by atoms with Crippen LogP contribution in [0.25, 0.3) is 0 Å². The van der Waals surface area contributed by atoms with E-state index in [0.29, 0.717) is 12.4 Å². The number of rotatable bonds is 3. The van der Waals surface area contributed by atoms with Crippen LogP contribution < -0.4 is 15.4 Å². The van der Waals surface area contributed by atoms with Crippen molar-refractivity contribution in [2.24, 2.45) is 5.73 Å². The van der Waals surface area contributed by atoms with Gasteiger partial charge in [-0.05, 0) is 19.8 Å². The van der Waals surface area contributed by atoms with E-state index in [2.05, 4.69) is 9.97 Å². The zero-order chi connectivity index (χ0) is 14.0. The average molecular weight is 267 g/mol. The normalized spacial score (nSPS) is 23.2. The van der Waals surface area contributed by atoms with Gasteiger partial charge < -0.3 is 15.4 Å². The van der Waals surface area contributed by atoms with Crippen molar-refractivity contribution in [2.45, 2.75) is 31.8 Å². The zero-order valence-corrected chi connectivity index (χ0v) is 10.9. The van der Waals surface area contributed by atoms with Crippen molar-refractivity contribution in [1.29, 1.82) is 0 Å². The number of hydrogen-bond acceptors (Lipinski definition) is 7. The lowest BCUT2D eigenvalue weighted by atomic mass is 9.99. The van der Waals surface area contributed by atoms with E-state index in [1.165, 1.54) is 13.4 Å². The lowest BCUT2D eigenvalue weighted by Gasteiger charge is -2.36. The van der Waals surface area contributed by atoms with Gasteiger partial charge in [-0.15, -0.1) is 0 Å². The summed E-state index contributed by atoms with van der Waals surface area (Å²) in [6, 6.07) is 0.232. The number of nitrogens with two attached hydrogens (primary N) is 1. The molecule has 104 valence electrons. The van der Waals surface area contributed by atoms with E-state index in [0.717, 1.165) is 12.8 Å². The molecule has 0 radical (unpaired) electrons. The van der Waals surface area contributed by atoms with Crippen molar-refractivity contribution in [3.05, 3.63) is 16.4 Å². The molecule has 0 saturated carbocycles. The summed E-state index contributed by atoms with van der Waals surface area (Å²) in [7, 11) is 1.36. The molecule has 8 nitrogen and oxygen atoms in total. The van der Waals surface area contributed by atoms with Crippen molar-refractivity contribution in [3.63, 3.8) is 0 Å². The third kappa shape index (κ3) is 2.58. The van der Waals surface area contributed by atoms with Crippen molar-refractivity contribution in [3.8, 4) is 5.88 Å². The minimum absolute atomic E-state index is 0.0166. The van der Waals surface area contributed by atoms with Gasteiger partial charge in [0.1, 0.15) is 6.33 Å². The van der Waals surface area contributed by atoms with Gasteiger partial charge in [0.25, 0.3) is 5.88 Å². The highest BCUT2D eigenvalue weighted by Crippen LogP contribution is 2.35. The van der Waals surface area contributed by atoms with Crippen LogP contribution in [0.1, 0.15) is 19.8 Å². The minimum Gasteiger partial charge on any atom is -0.476 e. The summed E-state index contributed by atoms with van der Waals surface area (Å²) in [4.78, 5) is 20.4. The molecule has 2 rings (SSSR count). The van der Waals surface area contributed by atoms with Crippen LogP contribution in [0, 0.1) is 10.1 Å². The maximum atomic E-state index is 11.2. The molecule has 2 N–H and O–H groups in total. The van der Waals surface area contributed by atoms with Gasteiger partial charge in [0, 0.05) is 18.6 Å². The fraction of sp³-hybridized carbons (Fsp3) is 0.636. The molecule has 0 aromatic carbocycles. The van der Waals surface area contributed by atoms with Gasteiger partial charge in [0.05, 0.1) is 12.0 Å². The minimum atomic E-state index is -0.505. The van der Waals surface area contributed by atoms with Gasteiger partial charge in [-0.25, -0.2) is 4.98 Å². The molecule has 1 aliphatic rings. The highest BCUT2D eigenvalue weighted by molar-refractivity contribution is 5.63. The zero-order valence-electron chi connectivity index (χ0n) is 10.9. The number of nitrogens with zero attached hydrogens (tertiary/aromatic N) is 4. The molecule has 1 aromatic rings. The third-order valence-corrected chi connectivity index (χ3v) is 3.33. The van der Waals surface area contributed by atoms with Crippen LogP contribution in [0.3, 0.4) is 0 Å². The van der Waals surface area contributed by atoms with E-state index in [9.17, 15) is 10.1 Å². The number of piperidine rings is 1. The van der Waals surface area contributed by atoms with E-state index in [1.54, 1.807) is 0 Å². The molecular formula is C11H17N5O3. The standard InChI is InChI=1S/C11H17N5O3/c1-7-5-8(12)3-4-15(7)10-9(16(17)18)11(19-2)14-6-13-10/h6-8H,3-5,12H2,1-2H3. The van der Waals surface area contributed by atoms with Gasteiger partial charge in [0.2, 0.25) is 5.82 Å². The molecule has 0 spiro atoms. The lowest BCUT2D eigenvalue weighted by molar-refractivity contribution is -0.385. The number of hydrogen-bond donors (Lipinski definition) is 1. The first-order chi connectivity index (χ1) is 9.04. The third-order valence-electron chi connectivity index (χ3n) is 3.33. The van der Waals surface area contributed by atoms with Gasteiger partial charge in [0.15, 0.2) is 0 Å². The Hall–Kier alpha value is -1.96. The second-order valence-corrected chi connectivity index (χ2v) is 4.64. The molecule has 2 atom stereocenters. The largest absolute Gasteiger partial charge is 0.476 e. The summed E-state index contributed by atoms with van der Waals surface area (Å²) < 4.78 is 4.95. The molecule has 19 heavy (non-hydrogen) atoms. The first-order valence-electron chi connectivity index (χ1n) is 6.10. The summed E-state index contributed by atoms with van der Waals surface area (Å²) in [6.45, 7) is 2.63. The van der Waals surface area contributed by atoms with Crippen LogP contribution in [-0.2, 0) is 0 Å². The van der Waals surface area contributed by atoms with E-state index in [4.69, 9.17) is 10.5 Å². The van der Waals surface area contributed by atoms with Gasteiger partial charge in [-0.2, -0.15) is 4.98 Å². The number of nitro groups is 1. The monoisotopic (exact) mass is 267 g/mol. The van der Waals surface area contributed by atoms with E-state index >= 15 is 0 Å². The van der Waals surface area contributed by atoms with Crippen LogP contribution in [0.2, 0.25) is 0 Å². The topological polar surface area (TPSA) is 107 Å². The molecule has 1 fully saturated rings. The van der Waals surface area contributed by atoms with Crippen LogP contribution in [0.5, 0.6) is 5.88 Å². The Morgan fingerprint density at radius 1 is 1.58 bits per heavy atom. The molecule has 2 heterocycles. The Morgan fingerprint density at radius 2 is 2.32 bits per heavy atom. The summed E-state index contributed by atoms with van der Waals surface area (Å²) >= 11 is 0. The predicted octanol–water partition coefficient (Wildman–Crippen LogP) is 0.709. The molecule has 0 amide bonds. The molecule has 2 unspecified atom stereocenters. The molecule has 1 aliphatic heterocycles. The maximum Gasteiger partial charge on any atom is 0.372 e. The fourth-order valence-electron chi connectivity index (χ4n) is 2.40. The predicted molar refractivity (Wildman–Crippen MR) is 69.3 cm³/mol. The van der Waals surface area contributed by atoms with Crippen molar-refractivity contribution in [2.75, 3.05) is 18.6 Å². The molecule has 1 saturated heterocycles. The lowest BCUT2D eigenvalue weighted by Crippen LogP contribution is -2.46. The summed E-state index contributed by atoms with van der Waals surface area (Å²) in [5.74, 6) is 0.285. The Balaban J connectivity index is 2.41. The van der Waals surface area contributed by atoms with Crippen molar-refractivity contribution in [1.82, 2.24) is 9.97 Å². The SMILES string of the molecule is COc1ncnc(N2CCC(N)CC2C)c1[N+](=O)[O-]. The van der Waals surface area contributed by atoms with Gasteiger partial charge in [-0.1, -0.05) is 0 Å². The molecule has 0 aliphatic carbocycles. The van der Waals surface area contributed by atoms with E-state index < -0.39 is 4.92 Å². The summed E-state index contributed by atoms with van der Waals surface area (Å²) in [6.07, 6.45) is 2.85. The van der Waals surface area contributed by atoms with E-state index in [-0.39, 0.29) is 23.7 Å². The Labute approximate surface area is 110 Å². The highest BCUT2D eigenvalue weighted by atomic mass is 16.6. The maximum absolute atomic E-state index is 11.2. The Kier molecular flexibility index (Phi) is 3.79. The Morgan fingerprint density at radius 3 is 2.89 bits per heavy atom. The molecule has 0 bridgehead atoms. The number of aromatic nitrogens is 2. The van der Waals surface area contributed by atoms with Crippen molar-refractivity contribution >= 4 is 11.5 Å². The first-order valence-corrected chi connectivity index (χ1v) is 6.10. The molecule has 1 aromatic heterocycles. The molecule has 8 heteroatoms. The number of anilines is 1. The van der Waals surface area contributed by atoms with E-state index in [1.807, 2.05) is 11.8 Å². The summed E-state index contributed by atoms with van der Waals surface area (Å²) in [5.41, 5.74) is 5.71. The first kappa shape index (κ1) is 13.5. The average Bonchev–Trinajstić information content (AvgIpc) is 2.37. The Bertz CT molecular complexity index is 481. The smallest absolute Gasteiger partial charge is 0.372 e. The van der Waals surface area contributed by atoms with Crippen LogP contribution in [0.15, 0.2) is 6.33 Å². The van der Waals surface area contributed by atoms with Gasteiger partial charge >= 0.3 is 5.69 Å². The van der Waals surface area contributed by atoms with Crippen LogP contribution in [-0.4, -0.2) is 40.6 Å². The van der Waals surface area contributed by atoms with Gasteiger partial charge in [-0.3, -0.25) is 10.1 Å².